The van der Waals surface area contributed by atoms with Gasteiger partial charge < -0.3 is 19.8 Å². The number of methoxy groups -OCH3 is 2. The van der Waals surface area contributed by atoms with Crippen LogP contribution < -0.4 is 14.8 Å². The summed E-state index contributed by atoms with van der Waals surface area (Å²) in [4.78, 5) is 6.29. The number of aromatic amines is 1. The number of H-pyrrole nitrogens is 1. The van der Waals surface area contributed by atoms with Gasteiger partial charge in [-0.15, -0.1) is 0 Å². The summed E-state index contributed by atoms with van der Waals surface area (Å²) in [5.74, 6) is 3.18. The fraction of sp³-hybridized carbons (Fsp3) is 0.440. The van der Waals surface area contributed by atoms with Gasteiger partial charge in [-0.3, -0.25) is 4.90 Å². The molecule has 2 aliphatic rings. The Kier molecular flexibility index (Phi) is 5.17. The lowest BCUT2D eigenvalue weighted by Gasteiger charge is -2.17. The number of aryl methyl sites for hydroxylation is 1. The van der Waals surface area contributed by atoms with E-state index >= 15 is 0 Å². The molecule has 5 rings (SSSR count). The maximum absolute atomic E-state index is 5.52. The Hall–Kier alpha value is -2.50. The molecule has 2 aliphatic heterocycles. The van der Waals surface area contributed by atoms with Gasteiger partial charge in [0.25, 0.3) is 0 Å². The van der Waals surface area contributed by atoms with Gasteiger partial charge in [0.2, 0.25) is 0 Å². The number of nitrogens with one attached hydrogen (secondary N) is 2. The topological polar surface area (TPSA) is 49.5 Å². The van der Waals surface area contributed by atoms with Gasteiger partial charge in [-0.1, -0.05) is 13.0 Å². The van der Waals surface area contributed by atoms with Gasteiger partial charge in [0.1, 0.15) is 0 Å². The molecule has 1 aromatic heterocycles. The van der Waals surface area contributed by atoms with Crippen LogP contribution in [0.2, 0.25) is 0 Å². The maximum atomic E-state index is 5.52. The van der Waals surface area contributed by atoms with Gasteiger partial charge in [0.05, 0.1) is 14.2 Å². The molecule has 5 nitrogen and oxygen atoms in total. The second-order valence-electron chi connectivity index (χ2n) is 8.65. The number of benzene rings is 2. The van der Waals surface area contributed by atoms with E-state index in [4.69, 9.17) is 9.47 Å². The Morgan fingerprint density at radius 1 is 0.967 bits per heavy atom. The van der Waals surface area contributed by atoms with E-state index in [2.05, 4.69) is 52.5 Å². The lowest BCUT2D eigenvalue weighted by molar-refractivity contribution is 0.306. The fourth-order valence-corrected chi connectivity index (χ4v) is 5.34. The van der Waals surface area contributed by atoms with Crippen LogP contribution >= 0.6 is 0 Å². The minimum absolute atomic E-state index is 0.753. The molecule has 5 heteroatoms. The molecule has 2 atom stereocenters. The molecule has 0 bridgehead atoms. The van der Waals surface area contributed by atoms with Crippen LogP contribution in [0.3, 0.4) is 0 Å². The first-order chi connectivity index (χ1) is 14.7. The molecule has 2 saturated heterocycles. The van der Waals surface area contributed by atoms with Crippen molar-refractivity contribution in [3.63, 3.8) is 0 Å². The molecular weight excluding hydrogens is 374 g/mol. The van der Waals surface area contributed by atoms with Crippen LogP contribution in [0.5, 0.6) is 11.5 Å². The van der Waals surface area contributed by atoms with Crippen molar-refractivity contribution in [3.8, 4) is 22.8 Å². The van der Waals surface area contributed by atoms with Gasteiger partial charge in [0, 0.05) is 41.8 Å². The Balaban J connectivity index is 1.46. The number of fused-ring (bicyclic) bond motifs is 2. The normalized spacial score (nSPS) is 21.3. The van der Waals surface area contributed by atoms with Crippen molar-refractivity contribution < 1.29 is 9.47 Å². The Morgan fingerprint density at radius 3 is 2.43 bits per heavy atom. The third kappa shape index (κ3) is 3.36. The quantitative estimate of drug-likeness (QED) is 0.649. The maximum Gasteiger partial charge on any atom is 0.161 e. The van der Waals surface area contributed by atoms with Gasteiger partial charge in [-0.2, -0.15) is 0 Å². The van der Waals surface area contributed by atoms with E-state index in [-0.39, 0.29) is 0 Å². The molecule has 2 aromatic carbocycles. The van der Waals surface area contributed by atoms with Crippen LogP contribution in [-0.2, 0) is 13.0 Å². The second kappa shape index (κ2) is 7.97. The van der Waals surface area contributed by atoms with Gasteiger partial charge in [0.15, 0.2) is 11.5 Å². The molecule has 0 spiro atoms. The van der Waals surface area contributed by atoms with Crippen molar-refractivity contribution in [1.29, 1.82) is 0 Å². The molecule has 2 fully saturated rings. The number of rotatable bonds is 6. The average molecular weight is 406 g/mol. The minimum atomic E-state index is 0.753. The Morgan fingerprint density at radius 2 is 1.73 bits per heavy atom. The van der Waals surface area contributed by atoms with Crippen molar-refractivity contribution in [3.05, 3.63) is 47.5 Å². The van der Waals surface area contributed by atoms with Crippen LogP contribution in [0, 0.1) is 11.8 Å². The number of ether oxygens (including phenoxy) is 2. The average Bonchev–Trinajstić information content (AvgIpc) is 3.45. The highest BCUT2D eigenvalue weighted by molar-refractivity contribution is 5.91. The minimum Gasteiger partial charge on any atom is -0.493 e. The van der Waals surface area contributed by atoms with Crippen LogP contribution in [0.15, 0.2) is 36.4 Å². The largest absolute Gasteiger partial charge is 0.493 e. The van der Waals surface area contributed by atoms with Gasteiger partial charge in [-0.05, 0) is 72.8 Å². The number of nitrogens with zero attached hydrogens (tertiary/aromatic N) is 1. The van der Waals surface area contributed by atoms with E-state index < -0.39 is 0 Å². The van der Waals surface area contributed by atoms with E-state index in [0.29, 0.717) is 0 Å². The smallest absolute Gasteiger partial charge is 0.161 e. The zero-order valence-corrected chi connectivity index (χ0v) is 18.1. The van der Waals surface area contributed by atoms with Crippen molar-refractivity contribution in [2.24, 2.45) is 11.8 Å². The third-order valence-electron chi connectivity index (χ3n) is 6.87. The summed E-state index contributed by atoms with van der Waals surface area (Å²) in [7, 11) is 3.35. The van der Waals surface area contributed by atoms with Crippen LogP contribution in [0.25, 0.3) is 22.2 Å². The first-order valence-electron chi connectivity index (χ1n) is 11.0. The van der Waals surface area contributed by atoms with Crippen LogP contribution in [-0.4, -0.2) is 50.3 Å². The zero-order chi connectivity index (χ0) is 20.7. The van der Waals surface area contributed by atoms with E-state index in [0.717, 1.165) is 41.9 Å². The first kappa shape index (κ1) is 19.5. The van der Waals surface area contributed by atoms with Crippen molar-refractivity contribution in [1.82, 2.24) is 15.2 Å². The van der Waals surface area contributed by atoms with E-state index in [1.165, 1.54) is 53.9 Å². The SMILES string of the molecule is CCc1c(-c2ccc(OC)c(OC)c2)[nH]c2ccc(CN3CC4CNCC4C3)cc12. The van der Waals surface area contributed by atoms with E-state index in [1.54, 1.807) is 14.2 Å². The zero-order valence-electron chi connectivity index (χ0n) is 18.1. The molecule has 158 valence electrons. The highest BCUT2D eigenvalue weighted by atomic mass is 16.5. The summed E-state index contributed by atoms with van der Waals surface area (Å²) in [5.41, 5.74) is 6.27. The first-order valence-corrected chi connectivity index (χ1v) is 11.0. The summed E-state index contributed by atoms with van der Waals surface area (Å²) in [6.07, 6.45) is 0.979. The van der Waals surface area contributed by atoms with Crippen LogP contribution in [0.1, 0.15) is 18.1 Å². The van der Waals surface area contributed by atoms with E-state index in [9.17, 15) is 0 Å². The summed E-state index contributed by atoms with van der Waals surface area (Å²) >= 11 is 0. The van der Waals surface area contributed by atoms with Gasteiger partial charge in [-0.25, -0.2) is 0 Å². The highest BCUT2D eigenvalue weighted by Crippen LogP contribution is 2.37. The van der Waals surface area contributed by atoms with Gasteiger partial charge >= 0.3 is 0 Å². The monoisotopic (exact) mass is 405 g/mol. The highest BCUT2D eigenvalue weighted by Gasteiger charge is 2.35. The number of likely N-dealkylation sites (tertiary alicyclic amines) is 1. The molecule has 2 N–H and O–H groups in total. The fourth-order valence-electron chi connectivity index (χ4n) is 5.34. The summed E-state index contributed by atoms with van der Waals surface area (Å²) in [6, 6.07) is 13.0. The summed E-state index contributed by atoms with van der Waals surface area (Å²) < 4.78 is 10.9. The molecule has 0 saturated carbocycles. The van der Waals surface area contributed by atoms with Crippen molar-refractivity contribution in [2.45, 2.75) is 19.9 Å². The molecular formula is C25H31N3O2. The standard InChI is InChI=1S/C25H31N3O2/c1-4-20-21-9-16(13-28-14-18-11-26-12-19(18)15-28)5-7-22(21)27-25(20)17-6-8-23(29-2)24(10-17)30-3/h5-10,18-19,26-27H,4,11-15H2,1-3H3. The number of hydrogen-bond donors (Lipinski definition) is 2. The van der Waals surface area contributed by atoms with Crippen LogP contribution in [0.4, 0.5) is 0 Å². The Labute approximate surface area is 178 Å². The molecule has 3 aromatic rings. The Bertz CT molecular complexity index is 1050. The molecule has 30 heavy (non-hydrogen) atoms. The van der Waals surface area contributed by atoms with E-state index in [1.807, 2.05) is 6.07 Å². The second-order valence-corrected chi connectivity index (χ2v) is 8.65. The van der Waals surface area contributed by atoms with Crippen molar-refractivity contribution in [2.75, 3.05) is 40.4 Å². The molecule has 0 aliphatic carbocycles. The molecule has 0 amide bonds. The third-order valence-corrected chi connectivity index (χ3v) is 6.87. The molecule has 0 radical (unpaired) electrons. The number of hydrogen-bond acceptors (Lipinski definition) is 4. The summed E-state index contributed by atoms with van der Waals surface area (Å²) in [6.45, 7) is 8.09. The lowest BCUT2D eigenvalue weighted by Crippen LogP contribution is -2.25. The number of aromatic nitrogens is 1. The predicted molar refractivity (Wildman–Crippen MR) is 121 cm³/mol. The molecule has 3 heterocycles. The summed E-state index contributed by atoms with van der Waals surface area (Å²) in [5, 5.41) is 4.87. The predicted octanol–water partition coefficient (Wildman–Crippen LogP) is 4.07. The van der Waals surface area contributed by atoms with Crippen molar-refractivity contribution >= 4 is 10.9 Å². The molecule has 2 unspecified atom stereocenters. The lowest BCUT2D eigenvalue weighted by atomic mass is 10.0.